The molecule has 2 unspecified atom stereocenters. The normalized spacial score (nSPS) is 14.5. The minimum Gasteiger partial charge on any atom is -0.497 e. The number of aliphatic hydroxyl groups excluding tert-OH is 1. The summed E-state index contributed by atoms with van der Waals surface area (Å²) in [6.45, 7) is 5.03. The van der Waals surface area contributed by atoms with Crippen molar-refractivity contribution in [2.45, 2.75) is 58.3 Å². The van der Waals surface area contributed by atoms with Crippen molar-refractivity contribution in [3.05, 3.63) is 23.8 Å². The summed E-state index contributed by atoms with van der Waals surface area (Å²) in [4.78, 5) is 35.5. The second kappa shape index (κ2) is 12.6. The van der Waals surface area contributed by atoms with Crippen LogP contribution in [-0.2, 0) is 16.1 Å². The van der Waals surface area contributed by atoms with Crippen molar-refractivity contribution < 1.29 is 34.1 Å². The average molecular weight is 440 g/mol. The number of methoxy groups -OCH3 is 2. The monoisotopic (exact) mass is 439 g/mol. The molecule has 5 N–H and O–H groups in total. The van der Waals surface area contributed by atoms with Gasteiger partial charge in [-0.1, -0.05) is 6.92 Å². The van der Waals surface area contributed by atoms with Crippen LogP contribution >= 0.6 is 0 Å². The lowest BCUT2D eigenvalue weighted by Gasteiger charge is -2.24. The molecule has 1 aromatic carbocycles. The summed E-state index contributed by atoms with van der Waals surface area (Å²) in [6.07, 6.45) is -1.94. The number of nitrogens with one attached hydrogen (secondary N) is 3. The predicted molar refractivity (Wildman–Crippen MR) is 114 cm³/mol. The van der Waals surface area contributed by atoms with Crippen molar-refractivity contribution in [2.75, 3.05) is 14.2 Å². The van der Waals surface area contributed by atoms with Crippen LogP contribution in [0.15, 0.2) is 18.2 Å². The fraction of sp³-hybridized carbons (Fsp3) is 0.571. The van der Waals surface area contributed by atoms with Crippen LogP contribution in [0, 0.1) is 5.92 Å². The largest absolute Gasteiger partial charge is 0.497 e. The highest BCUT2D eigenvalue weighted by molar-refractivity contribution is 5.81. The van der Waals surface area contributed by atoms with Crippen LogP contribution in [0.3, 0.4) is 0 Å². The Morgan fingerprint density at radius 3 is 2.06 bits per heavy atom. The zero-order valence-electron chi connectivity index (χ0n) is 18.6. The number of hydrogen-bond acceptors (Lipinski definition) is 6. The standard InChI is InChI=1S/C21H33N3O7/c1-12(6-13(2)23-21(28)29)20(27)24-18(14(3)25)10-19(26)22-11-15-7-16(30-4)9-17(8-15)31-5/h7-9,12-14,18,23,25H,6,10-11H2,1-5H3,(H,22,26)(H,24,27)(H,28,29)/t12?,13-,14+,18?/m0/s1. The van der Waals surface area contributed by atoms with Gasteiger partial charge in [-0.05, 0) is 38.0 Å². The van der Waals surface area contributed by atoms with Crippen molar-refractivity contribution in [1.82, 2.24) is 16.0 Å². The van der Waals surface area contributed by atoms with Crippen molar-refractivity contribution in [2.24, 2.45) is 5.92 Å². The second-order valence-corrected chi connectivity index (χ2v) is 7.54. The van der Waals surface area contributed by atoms with E-state index < -0.39 is 30.2 Å². The number of rotatable bonds is 12. The first-order valence-electron chi connectivity index (χ1n) is 10.0. The van der Waals surface area contributed by atoms with E-state index in [0.717, 1.165) is 5.56 Å². The number of benzene rings is 1. The van der Waals surface area contributed by atoms with Gasteiger partial charge in [0.25, 0.3) is 0 Å². The summed E-state index contributed by atoms with van der Waals surface area (Å²) in [5.74, 6) is -0.0242. The van der Waals surface area contributed by atoms with E-state index in [1.807, 2.05) is 0 Å². The maximum Gasteiger partial charge on any atom is 0.404 e. The zero-order chi connectivity index (χ0) is 23.6. The molecule has 0 spiro atoms. The van der Waals surface area contributed by atoms with Crippen molar-refractivity contribution in [1.29, 1.82) is 0 Å². The summed E-state index contributed by atoms with van der Waals surface area (Å²) in [5, 5.41) is 26.5. The predicted octanol–water partition coefficient (Wildman–Crippen LogP) is 1.26. The van der Waals surface area contributed by atoms with E-state index >= 15 is 0 Å². The van der Waals surface area contributed by atoms with Gasteiger partial charge >= 0.3 is 6.09 Å². The molecule has 4 atom stereocenters. The second-order valence-electron chi connectivity index (χ2n) is 7.54. The van der Waals surface area contributed by atoms with Crippen LogP contribution in [0.1, 0.15) is 39.2 Å². The van der Waals surface area contributed by atoms with Crippen molar-refractivity contribution in [3.63, 3.8) is 0 Å². The number of carboxylic acid groups (broad SMARTS) is 1. The Morgan fingerprint density at radius 2 is 1.58 bits per heavy atom. The number of carbonyl (C=O) groups excluding carboxylic acids is 2. The van der Waals surface area contributed by atoms with E-state index in [1.54, 1.807) is 32.0 Å². The third-order valence-electron chi connectivity index (χ3n) is 4.74. The quantitative estimate of drug-likeness (QED) is 0.329. The van der Waals surface area contributed by atoms with Crippen molar-refractivity contribution >= 4 is 17.9 Å². The summed E-state index contributed by atoms with van der Waals surface area (Å²) in [5.41, 5.74) is 0.774. The summed E-state index contributed by atoms with van der Waals surface area (Å²) >= 11 is 0. The lowest BCUT2D eigenvalue weighted by atomic mass is 10.00. The fourth-order valence-corrected chi connectivity index (χ4v) is 3.02. The molecular weight excluding hydrogens is 406 g/mol. The zero-order valence-corrected chi connectivity index (χ0v) is 18.6. The molecule has 0 heterocycles. The highest BCUT2D eigenvalue weighted by Crippen LogP contribution is 2.22. The van der Waals surface area contributed by atoms with E-state index in [1.165, 1.54) is 21.1 Å². The van der Waals surface area contributed by atoms with Gasteiger partial charge in [-0.15, -0.1) is 0 Å². The molecule has 0 saturated carbocycles. The lowest BCUT2D eigenvalue weighted by Crippen LogP contribution is -2.47. The van der Waals surface area contributed by atoms with Gasteiger partial charge in [-0.3, -0.25) is 9.59 Å². The first-order valence-corrected chi connectivity index (χ1v) is 10.0. The minimum atomic E-state index is -1.16. The smallest absolute Gasteiger partial charge is 0.404 e. The van der Waals surface area contributed by atoms with Gasteiger partial charge in [0.1, 0.15) is 11.5 Å². The molecule has 3 amide bonds. The van der Waals surface area contributed by atoms with E-state index in [9.17, 15) is 19.5 Å². The Kier molecular flexibility index (Phi) is 10.6. The highest BCUT2D eigenvalue weighted by atomic mass is 16.5. The Bertz CT molecular complexity index is 732. The van der Waals surface area contributed by atoms with Gasteiger partial charge in [0.2, 0.25) is 11.8 Å². The first kappa shape index (κ1) is 26.0. The summed E-state index contributed by atoms with van der Waals surface area (Å²) in [6, 6.07) is 4.07. The van der Waals surface area contributed by atoms with Crippen LogP contribution in [0.4, 0.5) is 4.79 Å². The lowest BCUT2D eigenvalue weighted by molar-refractivity contribution is -0.127. The summed E-state index contributed by atoms with van der Waals surface area (Å²) < 4.78 is 10.4. The maximum atomic E-state index is 12.4. The average Bonchev–Trinajstić information content (AvgIpc) is 2.70. The number of amides is 3. The number of aliphatic hydroxyl groups is 1. The molecular formula is C21H33N3O7. The molecule has 10 heteroatoms. The van der Waals surface area contributed by atoms with Crippen LogP contribution in [0.2, 0.25) is 0 Å². The van der Waals surface area contributed by atoms with Gasteiger partial charge < -0.3 is 35.6 Å². The first-order chi connectivity index (χ1) is 14.5. The molecule has 0 bridgehead atoms. The Balaban J connectivity index is 2.63. The van der Waals surface area contributed by atoms with Crippen LogP contribution in [0.5, 0.6) is 11.5 Å². The third-order valence-corrected chi connectivity index (χ3v) is 4.74. The molecule has 10 nitrogen and oxygen atoms in total. The molecule has 1 aromatic rings. The van der Waals surface area contributed by atoms with Gasteiger partial charge in [-0.25, -0.2) is 4.79 Å². The molecule has 0 saturated heterocycles. The third kappa shape index (κ3) is 9.56. The van der Waals surface area contributed by atoms with Gasteiger partial charge in [-0.2, -0.15) is 0 Å². The van der Waals surface area contributed by atoms with E-state index in [4.69, 9.17) is 14.6 Å². The van der Waals surface area contributed by atoms with Gasteiger partial charge in [0.15, 0.2) is 0 Å². The molecule has 0 radical (unpaired) electrons. The molecule has 1 rings (SSSR count). The van der Waals surface area contributed by atoms with Gasteiger partial charge in [0, 0.05) is 31.0 Å². The van der Waals surface area contributed by atoms with Crippen molar-refractivity contribution in [3.8, 4) is 11.5 Å². The topological polar surface area (TPSA) is 146 Å². The van der Waals surface area contributed by atoms with E-state index in [2.05, 4.69) is 16.0 Å². The van der Waals surface area contributed by atoms with E-state index in [0.29, 0.717) is 11.5 Å². The molecule has 174 valence electrons. The number of hydrogen-bond donors (Lipinski definition) is 5. The molecule has 0 aromatic heterocycles. The van der Waals surface area contributed by atoms with E-state index in [-0.39, 0.29) is 31.2 Å². The van der Waals surface area contributed by atoms with Crippen LogP contribution in [-0.4, -0.2) is 60.5 Å². The Hall–Kier alpha value is -3.01. The molecule has 0 aliphatic carbocycles. The number of carbonyl (C=O) groups is 3. The van der Waals surface area contributed by atoms with Crippen LogP contribution in [0.25, 0.3) is 0 Å². The SMILES string of the molecule is COc1cc(CNC(=O)CC(NC(=O)C(C)C[C@H](C)NC(=O)O)[C@@H](C)O)cc(OC)c1. The maximum absolute atomic E-state index is 12.4. The summed E-state index contributed by atoms with van der Waals surface area (Å²) in [7, 11) is 3.07. The molecule has 0 aliphatic heterocycles. The Morgan fingerprint density at radius 1 is 1.00 bits per heavy atom. The minimum absolute atomic E-state index is 0.111. The highest BCUT2D eigenvalue weighted by Gasteiger charge is 2.25. The van der Waals surface area contributed by atoms with Crippen LogP contribution < -0.4 is 25.4 Å². The van der Waals surface area contributed by atoms with Gasteiger partial charge in [0.05, 0.1) is 26.4 Å². The molecule has 0 fully saturated rings. The number of ether oxygens (including phenoxy) is 2. The fourth-order valence-electron chi connectivity index (χ4n) is 3.02. The Labute approximate surface area is 182 Å². The molecule has 31 heavy (non-hydrogen) atoms. The molecule has 0 aliphatic rings.